The Morgan fingerprint density at radius 3 is 2.75 bits per heavy atom. The van der Waals surface area contributed by atoms with Crippen molar-refractivity contribution in [1.29, 1.82) is 0 Å². The number of aromatic nitrogens is 1. The van der Waals surface area contributed by atoms with Gasteiger partial charge in [0.1, 0.15) is 5.82 Å². The van der Waals surface area contributed by atoms with Crippen LogP contribution in [0.5, 0.6) is 0 Å². The molecule has 0 spiro atoms. The molecule has 0 radical (unpaired) electrons. The number of likely N-dealkylation sites (tertiary alicyclic amines) is 1. The molecule has 0 aromatic carbocycles. The van der Waals surface area contributed by atoms with E-state index in [4.69, 9.17) is 5.73 Å². The van der Waals surface area contributed by atoms with Gasteiger partial charge in [-0.3, -0.25) is 4.90 Å². The Kier molecular flexibility index (Phi) is 4.17. The third-order valence-electron chi connectivity index (χ3n) is 4.65. The van der Waals surface area contributed by atoms with Crippen LogP contribution in [-0.4, -0.2) is 42.1 Å². The number of hydrogen-bond acceptors (Lipinski definition) is 4. The molecule has 2 N–H and O–H groups in total. The zero-order valence-corrected chi connectivity index (χ0v) is 13.7. The summed E-state index contributed by atoms with van der Waals surface area (Å²) in [7, 11) is 0. The fraction of sp³-hybridized carbons (Fsp3) is 0.667. The number of nitrogens with zero attached hydrogens (tertiary/aromatic N) is 3. The van der Waals surface area contributed by atoms with Gasteiger partial charge in [0.25, 0.3) is 0 Å². The number of pyridine rings is 1. The van der Waals surface area contributed by atoms with Crippen LogP contribution in [0.2, 0.25) is 0 Å². The van der Waals surface area contributed by atoms with E-state index >= 15 is 0 Å². The van der Waals surface area contributed by atoms with Crippen molar-refractivity contribution in [2.45, 2.75) is 38.6 Å². The molecule has 1 aromatic rings. The molecule has 5 heteroatoms. The predicted octanol–water partition coefficient (Wildman–Crippen LogP) is 2.80. The number of anilines is 2. The molecule has 0 aliphatic carbocycles. The molecule has 0 amide bonds. The Labute approximate surface area is 129 Å². The number of hydrogen-bond donors (Lipinski definition) is 1. The topological polar surface area (TPSA) is 45.4 Å². The maximum atomic E-state index is 5.91. The summed E-state index contributed by atoms with van der Waals surface area (Å²) in [5, 5.41) is 0. The second-order valence-corrected chi connectivity index (χ2v) is 6.75. The molecule has 2 fully saturated rings. The molecule has 1 atom stereocenters. The minimum absolute atomic E-state index is 0.696. The predicted molar refractivity (Wildman–Crippen MR) is 87.1 cm³/mol. The summed E-state index contributed by atoms with van der Waals surface area (Å²) in [5.74, 6) is 1.05. The quantitative estimate of drug-likeness (QED) is 0.900. The largest absolute Gasteiger partial charge is 0.397 e. The van der Waals surface area contributed by atoms with Crippen LogP contribution >= 0.6 is 15.9 Å². The molecule has 1 aromatic heterocycles. The van der Waals surface area contributed by atoms with E-state index in [1.807, 2.05) is 6.92 Å². The summed E-state index contributed by atoms with van der Waals surface area (Å²) in [6, 6.07) is 0.696. The second-order valence-electron chi connectivity index (χ2n) is 5.96. The second kappa shape index (κ2) is 5.90. The van der Waals surface area contributed by atoms with E-state index in [0.29, 0.717) is 6.04 Å². The Balaban J connectivity index is 1.72. The molecular weight excluding hydrogens is 316 g/mol. The molecule has 0 saturated carbocycles. The molecule has 1 unspecified atom stereocenters. The molecular formula is C15H23BrN4. The molecule has 2 saturated heterocycles. The maximum Gasteiger partial charge on any atom is 0.143 e. The Bertz CT molecular complexity index is 485. The first-order valence-electron chi connectivity index (χ1n) is 7.56. The van der Waals surface area contributed by atoms with Crippen LogP contribution in [0.25, 0.3) is 0 Å². The molecule has 2 aliphatic rings. The van der Waals surface area contributed by atoms with E-state index in [1.54, 1.807) is 6.20 Å². The van der Waals surface area contributed by atoms with Crippen LogP contribution in [0, 0.1) is 6.92 Å². The van der Waals surface area contributed by atoms with E-state index in [9.17, 15) is 0 Å². The lowest BCUT2D eigenvalue weighted by atomic mass is 10.1. The zero-order chi connectivity index (χ0) is 14.1. The van der Waals surface area contributed by atoms with Crippen molar-refractivity contribution in [3.8, 4) is 0 Å². The fourth-order valence-corrected chi connectivity index (χ4v) is 3.90. The van der Waals surface area contributed by atoms with E-state index in [2.05, 4.69) is 30.7 Å². The van der Waals surface area contributed by atoms with Gasteiger partial charge in [0.2, 0.25) is 0 Å². The number of halogens is 1. The van der Waals surface area contributed by atoms with Gasteiger partial charge in [0.15, 0.2) is 0 Å². The standard InChI is InChI=1S/C15H23BrN4/c1-11-13(17)9-18-15(14(11)16)20-8-5-12(10-20)19-6-3-2-4-7-19/h9,12H,2-8,10,17H2,1H3. The summed E-state index contributed by atoms with van der Waals surface area (Å²) < 4.78 is 1.05. The molecule has 4 nitrogen and oxygen atoms in total. The summed E-state index contributed by atoms with van der Waals surface area (Å²) >= 11 is 3.66. The highest BCUT2D eigenvalue weighted by atomic mass is 79.9. The minimum Gasteiger partial charge on any atom is -0.397 e. The summed E-state index contributed by atoms with van der Waals surface area (Å²) in [6.07, 6.45) is 7.15. The van der Waals surface area contributed by atoms with E-state index in [1.165, 1.54) is 38.8 Å². The van der Waals surface area contributed by atoms with Crippen molar-refractivity contribution >= 4 is 27.4 Å². The number of nitrogens with two attached hydrogens (primary N) is 1. The van der Waals surface area contributed by atoms with Crippen molar-refractivity contribution in [3.05, 3.63) is 16.2 Å². The van der Waals surface area contributed by atoms with Crippen LogP contribution in [0.3, 0.4) is 0 Å². The summed E-state index contributed by atoms with van der Waals surface area (Å²) in [5.41, 5.74) is 7.76. The molecule has 20 heavy (non-hydrogen) atoms. The van der Waals surface area contributed by atoms with Crippen LogP contribution < -0.4 is 10.6 Å². The van der Waals surface area contributed by atoms with Gasteiger partial charge in [-0.05, 0) is 60.8 Å². The van der Waals surface area contributed by atoms with Crippen molar-refractivity contribution in [2.75, 3.05) is 36.8 Å². The van der Waals surface area contributed by atoms with Gasteiger partial charge in [0.05, 0.1) is 16.4 Å². The molecule has 3 heterocycles. The first-order valence-corrected chi connectivity index (χ1v) is 8.35. The zero-order valence-electron chi connectivity index (χ0n) is 12.1. The average Bonchev–Trinajstić information content (AvgIpc) is 2.95. The molecule has 3 rings (SSSR count). The van der Waals surface area contributed by atoms with Crippen LogP contribution in [-0.2, 0) is 0 Å². The van der Waals surface area contributed by atoms with Gasteiger partial charge in [-0.1, -0.05) is 6.42 Å². The fourth-order valence-electron chi connectivity index (χ4n) is 3.31. The normalized spacial score (nSPS) is 24.3. The van der Waals surface area contributed by atoms with Crippen LogP contribution in [0.15, 0.2) is 10.7 Å². The van der Waals surface area contributed by atoms with Gasteiger partial charge < -0.3 is 10.6 Å². The minimum atomic E-state index is 0.696. The van der Waals surface area contributed by atoms with Gasteiger partial charge in [-0.25, -0.2) is 4.98 Å². The highest BCUT2D eigenvalue weighted by Crippen LogP contribution is 2.33. The van der Waals surface area contributed by atoms with Gasteiger partial charge >= 0.3 is 0 Å². The van der Waals surface area contributed by atoms with Crippen molar-refractivity contribution < 1.29 is 0 Å². The average molecular weight is 339 g/mol. The lowest BCUT2D eigenvalue weighted by Gasteiger charge is -2.32. The smallest absolute Gasteiger partial charge is 0.143 e. The van der Waals surface area contributed by atoms with E-state index < -0.39 is 0 Å². The van der Waals surface area contributed by atoms with Gasteiger partial charge in [-0.15, -0.1) is 0 Å². The third kappa shape index (κ3) is 2.66. The Hall–Kier alpha value is -0.810. The van der Waals surface area contributed by atoms with Crippen molar-refractivity contribution in [3.63, 3.8) is 0 Å². The molecule has 110 valence electrons. The number of rotatable bonds is 2. The number of piperidine rings is 1. The van der Waals surface area contributed by atoms with Crippen LogP contribution in [0.1, 0.15) is 31.2 Å². The highest BCUT2D eigenvalue weighted by Gasteiger charge is 2.30. The van der Waals surface area contributed by atoms with Crippen molar-refractivity contribution in [1.82, 2.24) is 9.88 Å². The number of nitrogen functional groups attached to an aromatic ring is 1. The Morgan fingerprint density at radius 2 is 2.00 bits per heavy atom. The first-order chi connectivity index (χ1) is 9.66. The van der Waals surface area contributed by atoms with Crippen molar-refractivity contribution in [2.24, 2.45) is 0 Å². The lowest BCUT2D eigenvalue weighted by Crippen LogP contribution is -2.41. The third-order valence-corrected chi connectivity index (χ3v) is 5.60. The molecule has 0 bridgehead atoms. The van der Waals surface area contributed by atoms with Crippen LogP contribution in [0.4, 0.5) is 11.5 Å². The van der Waals surface area contributed by atoms with Gasteiger partial charge in [0, 0.05) is 19.1 Å². The maximum absolute atomic E-state index is 5.91. The summed E-state index contributed by atoms with van der Waals surface area (Å²) in [6.45, 7) is 6.77. The van der Waals surface area contributed by atoms with E-state index in [-0.39, 0.29) is 0 Å². The van der Waals surface area contributed by atoms with E-state index in [0.717, 1.165) is 34.6 Å². The first kappa shape index (κ1) is 14.1. The van der Waals surface area contributed by atoms with Gasteiger partial charge in [-0.2, -0.15) is 0 Å². The lowest BCUT2D eigenvalue weighted by molar-refractivity contribution is 0.175. The Morgan fingerprint density at radius 1 is 1.25 bits per heavy atom. The highest BCUT2D eigenvalue weighted by molar-refractivity contribution is 9.10. The molecule has 2 aliphatic heterocycles. The summed E-state index contributed by atoms with van der Waals surface area (Å²) in [4.78, 5) is 9.60. The SMILES string of the molecule is Cc1c(N)cnc(N2CCC(N3CCCCC3)C2)c1Br. The monoisotopic (exact) mass is 338 g/mol.